The highest BCUT2D eigenvalue weighted by atomic mass is 35.5. The number of halogens is 2. The van der Waals surface area contributed by atoms with Crippen LogP contribution in [0, 0.1) is 6.92 Å². The highest BCUT2D eigenvalue weighted by molar-refractivity contribution is 6.31. The van der Waals surface area contributed by atoms with E-state index >= 15 is 0 Å². The van der Waals surface area contributed by atoms with Gasteiger partial charge in [-0.15, -0.1) is 12.4 Å². The molecule has 0 saturated heterocycles. The van der Waals surface area contributed by atoms with Crippen molar-refractivity contribution in [3.05, 3.63) is 16.5 Å². The second kappa shape index (κ2) is 3.81. The second-order valence-electron chi connectivity index (χ2n) is 1.71. The van der Waals surface area contributed by atoms with Crippen molar-refractivity contribution in [2.75, 3.05) is 0 Å². The van der Waals surface area contributed by atoms with Crippen LogP contribution in [0.3, 0.4) is 0 Å². The maximum atomic E-state index is 5.67. The van der Waals surface area contributed by atoms with E-state index in [1.807, 2.05) is 0 Å². The highest BCUT2D eigenvalue weighted by Gasteiger charge is 2.06. The first-order valence-corrected chi connectivity index (χ1v) is 2.94. The lowest BCUT2D eigenvalue weighted by atomic mass is 10.4. The van der Waals surface area contributed by atoms with Crippen LogP contribution in [0.25, 0.3) is 0 Å². The van der Waals surface area contributed by atoms with Crippen molar-refractivity contribution in [2.45, 2.75) is 13.5 Å². The molecule has 0 radical (unpaired) electrons. The van der Waals surface area contributed by atoms with Crippen molar-refractivity contribution in [1.29, 1.82) is 0 Å². The zero-order valence-electron chi connectivity index (χ0n) is 5.43. The molecule has 0 aliphatic rings. The molecule has 0 spiro atoms. The number of nitrogens with zero attached hydrogens (tertiary/aromatic N) is 1. The Bertz CT molecular complexity index is 211. The number of nitrogens with two attached hydrogens (primary N) is 1. The highest BCUT2D eigenvalue weighted by Crippen LogP contribution is 2.18. The van der Waals surface area contributed by atoms with Crippen LogP contribution in [-0.2, 0) is 6.54 Å². The standard InChI is InChI=1S/C5H7ClN2O.ClH/c1-3-5(6)4(2-7)9-8-3;/h2,7H2,1H3;1H. The molecule has 1 heterocycles. The number of rotatable bonds is 1. The molecule has 0 fully saturated rings. The fourth-order valence-electron chi connectivity index (χ4n) is 0.532. The predicted octanol–water partition coefficient (Wildman–Crippen LogP) is 1.52. The maximum Gasteiger partial charge on any atom is 0.169 e. The van der Waals surface area contributed by atoms with Crippen LogP contribution in [0.5, 0.6) is 0 Å². The summed E-state index contributed by atoms with van der Waals surface area (Å²) in [7, 11) is 0. The molecule has 3 nitrogen and oxygen atoms in total. The van der Waals surface area contributed by atoms with Crippen molar-refractivity contribution in [3.8, 4) is 0 Å². The molecule has 5 heteroatoms. The van der Waals surface area contributed by atoms with Gasteiger partial charge in [0.15, 0.2) is 5.76 Å². The lowest BCUT2D eigenvalue weighted by Crippen LogP contribution is -1.93. The van der Waals surface area contributed by atoms with E-state index in [0.717, 1.165) is 0 Å². The molecular weight excluding hydrogens is 175 g/mol. The third-order valence-electron chi connectivity index (χ3n) is 1.04. The summed E-state index contributed by atoms with van der Waals surface area (Å²) in [6, 6.07) is 0. The first-order valence-electron chi connectivity index (χ1n) is 2.56. The SMILES string of the molecule is Cc1noc(CN)c1Cl.Cl. The molecule has 0 saturated carbocycles. The molecule has 1 aromatic rings. The second-order valence-corrected chi connectivity index (χ2v) is 2.09. The van der Waals surface area contributed by atoms with Crippen LogP contribution in [-0.4, -0.2) is 5.16 Å². The van der Waals surface area contributed by atoms with Gasteiger partial charge in [-0.2, -0.15) is 0 Å². The Morgan fingerprint density at radius 1 is 1.70 bits per heavy atom. The van der Waals surface area contributed by atoms with Gasteiger partial charge in [-0.25, -0.2) is 0 Å². The van der Waals surface area contributed by atoms with E-state index in [9.17, 15) is 0 Å². The topological polar surface area (TPSA) is 52.0 Å². The monoisotopic (exact) mass is 182 g/mol. The van der Waals surface area contributed by atoms with Crippen molar-refractivity contribution < 1.29 is 4.52 Å². The van der Waals surface area contributed by atoms with Crippen molar-refractivity contribution >= 4 is 24.0 Å². The Kier molecular flexibility index (Phi) is 3.71. The maximum absolute atomic E-state index is 5.67. The molecule has 10 heavy (non-hydrogen) atoms. The Morgan fingerprint density at radius 2 is 2.30 bits per heavy atom. The van der Waals surface area contributed by atoms with Crippen LogP contribution < -0.4 is 5.73 Å². The predicted molar refractivity (Wildman–Crippen MR) is 41.4 cm³/mol. The summed E-state index contributed by atoms with van der Waals surface area (Å²) in [5, 5.41) is 4.14. The summed E-state index contributed by atoms with van der Waals surface area (Å²) in [5.41, 5.74) is 5.94. The van der Waals surface area contributed by atoms with Crippen LogP contribution in [0.4, 0.5) is 0 Å². The van der Waals surface area contributed by atoms with Gasteiger partial charge in [0.25, 0.3) is 0 Å². The molecule has 0 unspecified atom stereocenters. The first kappa shape index (κ1) is 9.75. The lowest BCUT2D eigenvalue weighted by Gasteiger charge is -1.84. The largest absolute Gasteiger partial charge is 0.358 e. The van der Waals surface area contributed by atoms with Gasteiger partial charge in [0.2, 0.25) is 0 Å². The summed E-state index contributed by atoms with van der Waals surface area (Å²) in [6.45, 7) is 2.07. The van der Waals surface area contributed by atoms with Crippen molar-refractivity contribution in [2.24, 2.45) is 5.73 Å². The zero-order valence-corrected chi connectivity index (χ0v) is 7.00. The van der Waals surface area contributed by atoms with Gasteiger partial charge in [0, 0.05) is 0 Å². The quantitative estimate of drug-likeness (QED) is 0.717. The third-order valence-corrected chi connectivity index (χ3v) is 1.52. The van der Waals surface area contributed by atoms with Crippen LogP contribution in [0.15, 0.2) is 4.52 Å². The van der Waals surface area contributed by atoms with Crippen molar-refractivity contribution in [1.82, 2.24) is 5.16 Å². The van der Waals surface area contributed by atoms with Gasteiger partial charge < -0.3 is 10.3 Å². The van der Waals surface area contributed by atoms with Gasteiger partial charge in [-0.3, -0.25) is 0 Å². The van der Waals surface area contributed by atoms with Gasteiger partial charge in [-0.05, 0) is 6.92 Å². The first-order chi connectivity index (χ1) is 4.25. The Morgan fingerprint density at radius 3 is 2.50 bits per heavy atom. The smallest absolute Gasteiger partial charge is 0.169 e. The van der Waals surface area contributed by atoms with Gasteiger partial charge in [-0.1, -0.05) is 16.8 Å². The Balaban J connectivity index is 0.000000810. The average Bonchev–Trinajstić information content (AvgIpc) is 2.15. The van der Waals surface area contributed by atoms with Crippen LogP contribution in [0.2, 0.25) is 5.02 Å². The summed E-state index contributed by atoms with van der Waals surface area (Å²) in [4.78, 5) is 0. The molecule has 1 aromatic heterocycles. The van der Waals surface area contributed by atoms with E-state index in [0.29, 0.717) is 23.0 Å². The molecule has 1 rings (SSSR count). The molecule has 2 N–H and O–H groups in total. The normalized spacial score (nSPS) is 9.10. The van der Waals surface area contributed by atoms with E-state index in [2.05, 4.69) is 5.16 Å². The summed E-state index contributed by atoms with van der Waals surface area (Å²) in [5.74, 6) is 0.550. The molecule has 0 aromatic carbocycles. The molecule has 0 atom stereocenters. The average molecular weight is 183 g/mol. The Labute approximate surface area is 69.9 Å². The molecule has 0 aliphatic heterocycles. The summed E-state index contributed by atoms with van der Waals surface area (Å²) < 4.78 is 4.74. The molecular formula is C5H8Cl2N2O. The van der Waals surface area contributed by atoms with E-state index < -0.39 is 0 Å². The minimum Gasteiger partial charge on any atom is -0.358 e. The third kappa shape index (κ3) is 1.62. The van der Waals surface area contributed by atoms with E-state index in [1.54, 1.807) is 6.92 Å². The van der Waals surface area contributed by atoms with E-state index in [-0.39, 0.29) is 12.4 Å². The van der Waals surface area contributed by atoms with E-state index in [1.165, 1.54) is 0 Å². The number of hydrogen-bond donors (Lipinski definition) is 1. The van der Waals surface area contributed by atoms with E-state index in [4.69, 9.17) is 21.9 Å². The van der Waals surface area contributed by atoms with Crippen LogP contribution in [0.1, 0.15) is 11.5 Å². The molecule has 0 aliphatic carbocycles. The fourth-order valence-corrected chi connectivity index (χ4v) is 0.679. The summed E-state index contributed by atoms with van der Waals surface area (Å²) >= 11 is 5.67. The van der Waals surface area contributed by atoms with Crippen LogP contribution >= 0.6 is 24.0 Å². The fraction of sp³-hybridized carbons (Fsp3) is 0.400. The van der Waals surface area contributed by atoms with Gasteiger partial charge in [0.05, 0.1) is 12.2 Å². The number of hydrogen-bond acceptors (Lipinski definition) is 3. The Hall–Kier alpha value is -0.250. The molecule has 0 bridgehead atoms. The summed E-state index contributed by atoms with van der Waals surface area (Å²) in [6.07, 6.45) is 0. The number of aryl methyl sites for hydroxylation is 1. The lowest BCUT2D eigenvalue weighted by molar-refractivity contribution is 0.381. The minimum absolute atomic E-state index is 0. The molecule has 0 amide bonds. The zero-order chi connectivity index (χ0) is 6.85. The number of aromatic nitrogens is 1. The van der Waals surface area contributed by atoms with Gasteiger partial charge >= 0.3 is 0 Å². The minimum atomic E-state index is 0. The van der Waals surface area contributed by atoms with Crippen molar-refractivity contribution in [3.63, 3.8) is 0 Å². The molecule has 58 valence electrons. The van der Waals surface area contributed by atoms with Gasteiger partial charge in [0.1, 0.15) is 5.02 Å².